The predicted octanol–water partition coefficient (Wildman–Crippen LogP) is 1.63. The van der Waals surface area contributed by atoms with E-state index >= 15 is 0 Å². The molecule has 0 fully saturated rings. The highest BCUT2D eigenvalue weighted by molar-refractivity contribution is 7.47. The van der Waals surface area contributed by atoms with Crippen LogP contribution in [0.5, 0.6) is 0 Å². The third kappa shape index (κ3) is 5.12. The summed E-state index contributed by atoms with van der Waals surface area (Å²) in [7, 11) is -4.26. The molecule has 10 heteroatoms. The molecule has 1 aromatic heterocycles. The molecule has 1 aliphatic heterocycles. The highest BCUT2D eigenvalue weighted by Gasteiger charge is 2.27. The molecule has 0 radical (unpaired) electrons. The summed E-state index contributed by atoms with van der Waals surface area (Å²) in [6, 6.07) is 8.93. The van der Waals surface area contributed by atoms with E-state index in [0.717, 1.165) is 5.56 Å². The fourth-order valence-electron chi connectivity index (χ4n) is 2.45. The summed E-state index contributed by atoms with van der Waals surface area (Å²) in [6.45, 7) is 1.28. The maximum absolute atomic E-state index is 12.0. The van der Waals surface area contributed by atoms with Crippen molar-refractivity contribution >= 4 is 7.82 Å². The van der Waals surface area contributed by atoms with E-state index in [0.29, 0.717) is 5.56 Å². The Hall–Kier alpha value is -2.29. The molecule has 1 aromatic carbocycles. The largest absolute Gasteiger partial charge is 0.472 e. The van der Waals surface area contributed by atoms with Crippen LogP contribution in [0.1, 0.15) is 17.4 Å². The van der Waals surface area contributed by atoms with Crippen LogP contribution in [0.15, 0.2) is 58.3 Å². The van der Waals surface area contributed by atoms with Crippen LogP contribution in [0.25, 0.3) is 0 Å². The van der Waals surface area contributed by atoms with E-state index in [1.165, 1.54) is 10.8 Å². The summed E-state index contributed by atoms with van der Waals surface area (Å²) in [6.07, 6.45) is 3.20. The highest BCUT2D eigenvalue weighted by Crippen LogP contribution is 2.44. The van der Waals surface area contributed by atoms with Crippen molar-refractivity contribution < 1.29 is 23.2 Å². The summed E-state index contributed by atoms with van der Waals surface area (Å²) in [4.78, 5) is 35.3. The van der Waals surface area contributed by atoms with Crippen molar-refractivity contribution in [1.29, 1.82) is 0 Å². The number of nitrogens with one attached hydrogen (secondary N) is 1. The van der Waals surface area contributed by atoms with Crippen molar-refractivity contribution in [2.45, 2.75) is 25.9 Å². The number of aromatic amines is 1. The Balaban J connectivity index is 1.53. The van der Waals surface area contributed by atoms with Gasteiger partial charge in [-0.1, -0.05) is 36.4 Å². The Kier molecular flexibility index (Phi) is 5.88. The van der Waals surface area contributed by atoms with Gasteiger partial charge < -0.3 is 9.63 Å². The number of aryl methyl sites for hydroxylation is 1. The molecule has 27 heavy (non-hydrogen) atoms. The molecule has 0 spiro atoms. The normalized spacial score (nSPS) is 21.3. The van der Waals surface area contributed by atoms with Crippen LogP contribution in [0.4, 0.5) is 0 Å². The van der Waals surface area contributed by atoms with Crippen molar-refractivity contribution in [3.63, 3.8) is 0 Å². The molecule has 3 atom stereocenters. The molecule has 3 rings (SSSR count). The number of hydrogen-bond donors (Lipinski definition) is 2. The van der Waals surface area contributed by atoms with Gasteiger partial charge in [-0.25, -0.2) is 9.36 Å². The van der Waals surface area contributed by atoms with Crippen LogP contribution in [-0.2, 0) is 25.0 Å². The Labute approximate surface area is 154 Å². The van der Waals surface area contributed by atoms with Gasteiger partial charge in [0, 0.05) is 11.8 Å². The van der Waals surface area contributed by atoms with Crippen LogP contribution >= 0.6 is 7.82 Å². The second-order valence-corrected chi connectivity index (χ2v) is 7.41. The number of hydrogen-bond acceptors (Lipinski definition) is 6. The van der Waals surface area contributed by atoms with E-state index in [9.17, 15) is 19.0 Å². The third-order valence-corrected chi connectivity index (χ3v) is 4.79. The molecule has 2 aromatic rings. The van der Waals surface area contributed by atoms with Crippen molar-refractivity contribution in [2.24, 2.45) is 0 Å². The van der Waals surface area contributed by atoms with E-state index in [1.54, 1.807) is 43.3 Å². The van der Waals surface area contributed by atoms with Gasteiger partial charge in [-0.2, -0.15) is 0 Å². The smallest absolute Gasteiger partial charge is 0.344 e. The molecule has 1 unspecified atom stereocenters. The Morgan fingerprint density at radius 1 is 1.22 bits per heavy atom. The van der Waals surface area contributed by atoms with E-state index < -0.39 is 31.4 Å². The average molecular weight is 394 g/mol. The molecule has 2 N–H and O–H groups in total. The van der Waals surface area contributed by atoms with Crippen LogP contribution in [0.3, 0.4) is 0 Å². The summed E-state index contributed by atoms with van der Waals surface area (Å²) < 4.78 is 28.7. The van der Waals surface area contributed by atoms with E-state index in [4.69, 9.17) is 13.8 Å². The van der Waals surface area contributed by atoms with Gasteiger partial charge in [-0.3, -0.25) is 23.4 Å². The molecule has 0 amide bonds. The number of nitrogens with zero attached hydrogens (tertiary/aromatic N) is 1. The fourth-order valence-corrected chi connectivity index (χ4v) is 3.17. The third-order valence-electron chi connectivity index (χ3n) is 3.86. The first-order chi connectivity index (χ1) is 12.8. The number of aromatic nitrogens is 2. The molecule has 1 aliphatic rings. The summed E-state index contributed by atoms with van der Waals surface area (Å²) in [5, 5.41) is 0. The quantitative estimate of drug-likeness (QED) is 0.541. The average Bonchev–Trinajstić information content (AvgIpc) is 3.11. The summed E-state index contributed by atoms with van der Waals surface area (Å²) in [5.41, 5.74) is 0.0245. The minimum atomic E-state index is -4.26. The van der Waals surface area contributed by atoms with Crippen molar-refractivity contribution in [3.05, 3.63) is 80.6 Å². The van der Waals surface area contributed by atoms with Gasteiger partial charge in [0.1, 0.15) is 6.10 Å². The van der Waals surface area contributed by atoms with Crippen LogP contribution < -0.4 is 11.2 Å². The predicted molar refractivity (Wildman–Crippen MR) is 96.1 cm³/mol. The Morgan fingerprint density at radius 3 is 2.70 bits per heavy atom. The zero-order chi connectivity index (χ0) is 19.4. The fraction of sp³-hybridized carbons (Fsp3) is 0.294. The zero-order valence-electron chi connectivity index (χ0n) is 14.5. The van der Waals surface area contributed by atoms with Gasteiger partial charge in [-0.05, 0) is 18.6 Å². The maximum atomic E-state index is 12.0. The van der Waals surface area contributed by atoms with E-state index in [-0.39, 0.29) is 13.2 Å². The minimum Gasteiger partial charge on any atom is -0.344 e. The minimum absolute atomic E-state index is 0.0648. The Morgan fingerprint density at radius 2 is 1.96 bits per heavy atom. The zero-order valence-corrected chi connectivity index (χ0v) is 15.4. The molecule has 2 heterocycles. The van der Waals surface area contributed by atoms with Crippen molar-refractivity contribution in [2.75, 3.05) is 6.61 Å². The van der Waals surface area contributed by atoms with Crippen LogP contribution in [0, 0.1) is 6.92 Å². The first-order valence-electron chi connectivity index (χ1n) is 8.16. The maximum Gasteiger partial charge on any atom is 0.472 e. The standard InChI is InChI=1S/C17H19N2O7P/c1-12-9-19(17(21)18-16(12)20)15-8-7-14(26-15)11-25-27(22,23)24-10-13-5-3-2-4-6-13/h2-9,14-15H,10-11H2,1H3,(H,22,23)(H,18,20,21)/t14-,15+/m0/s1. The van der Waals surface area contributed by atoms with Gasteiger partial charge in [0.15, 0.2) is 6.23 Å². The number of phosphoric ester groups is 1. The number of benzene rings is 1. The van der Waals surface area contributed by atoms with Gasteiger partial charge in [0.05, 0.1) is 13.2 Å². The number of ether oxygens (including phenoxy) is 1. The number of rotatable bonds is 7. The van der Waals surface area contributed by atoms with Gasteiger partial charge in [0.25, 0.3) is 5.56 Å². The molecule has 9 nitrogen and oxygen atoms in total. The molecule has 144 valence electrons. The first kappa shape index (κ1) is 19.5. The molecule has 0 aliphatic carbocycles. The number of phosphoric acid groups is 1. The summed E-state index contributed by atoms with van der Waals surface area (Å²) in [5.74, 6) is 0. The first-order valence-corrected chi connectivity index (χ1v) is 9.65. The Bertz CT molecular complexity index is 983. The van der Waals surface area contributed by atoms with Crippen LogP contribution in [0.2, 0.25) is 0 Å². The van der Waals surface area contributed by atoms with E-state index in [2.05, 4.69) is 4.98 Å². The lowest BCUT2D eigenvalue weighted by atomic mass is 10.2. The van der Waals surface area contributed by atoms with Gasteiger partial charge >= 0.3 is 13.5 Å². The topological polar surface area (TPSA) is 120 Å². The van der Waals surface area contributed by atoms with Crippen molar-refractivity contribution in [3.8, 4) is 0 Å². The van der Waals surface area contributed by atoms with E-state index in [1.807, 2.05) is 6.07 Å². The lowest BCUT2D eigenvalue weighted by Crippen LogP contribution is -2.33. The second kappa shape index (κ2) is 8.16. The van der Waals surface area contributed by atoms with Gasteiger partial charge in [-0.15, -0.1) is 0 Å². The molecule has 0 saturated carbocycles. The SMILES string of the molecule is Cc1cn([C@H]2C=C[C@@H](COP(=O)(O)OCc3ccccc3)O2)c(=O)[nH]c1=O. The van der Waals surface area contributed by atoms with Crippen LogP contribution in [-0.4, -0.2) is 27.2 Å². The lowest BCUT2D eigenvalue weighted by Gasteiger charge is -2.18. The molecule has 0 saturated heterocycles. The monoisotopic (exact) mass is 394 g/mol. The van der Waals surface area contributed by atoms with Gasteiger partial charge in [0.2, 0.25) is 0 Å². The summed E-state index contributed by atoms with van der Waals surface area (Å²) >= 11 is 0. The molecule has 0 bridgehead atoms. The lowest BCUT2D eigenvalue weighted by molar-refractivity contribution is -0.0128. The molecular formula is C17H19N2O7P. The number of H-pyrrole nitrogens is 1. The highest BCUT2D eigenvalue weighted by atomic mass is 31.2. The second-order valence-electron chi connectivity index (χ2n) is 5.95. The molecular weight excluding hydrogens is 375 g/mol. The van der Waals surface area contributed by atoms with Crippen molar-refractivity contribution in [1.82, 2.24) is 9.55 Å².